The number of methoxy groups -OCH3 is 1. The summed E-state index contributed by atoms with van der Waals surface area (Å²) in [4.78, 5) is 15.6. The van der Waals surface area contributed by atoms with Crippen molar-refractivity contribution in [1.82, 2.24) is 15.2 Å². The minimum atomic E-state index is -0.481. The van der Waals surface area contributed by atoms with Crippen LogP contribution in [-0.2, 0) is 16.0 Å². The Morgan fingerprint density at radius 1 is 1.52 bits per heavy atom. The summed E-state index contributed by atoms with van der Waals surface area (Å²) in [6.07, 6.45) is 3.23. The molecule has 0 saturated carbocycles. The van der Waals surface area contributed by atoms with Gasteiger partial charge < -0.3 is 15.2 Å². The number of fused-ring (bicyclic) bond motifs is 1. The monoisotopic (exact) mass is 311 g/mol. The quantitative estimate of drug-likeness (QED) is 0.800. The third-order valence-corrected chi connectivity index (χ3v) is 3.61. The van der Waals surface area contributed by atoms with E-state index in [0.29, 0.717) is 11.3 Å². The van der Waals surface area contributed by atoms with E-state index >= 15 is 0 Å². The maximum Gasteiger partial charge on any atom is 0.311 e. The van der Waals surface area contributed by atoms with Crippen LogP contribution in [0.25, 0.3) is 0 Å². The van der Waals surface area contributed by atoms with Gasteiger partial charge in [-0.1, -0.05) is 0 Å². The fourth-order valence-corrected chi connectivity index (χ4v) is 2.55. The number of esters is 1. The van der Waals surface area contributed by atoms with Crippen molar-refractivity contribution < 1.29 is 14.3 Å². The lowest BCUT2D eigenvalue weighted by molar-refractivity contribution is -0.139. The summed E-state index contributed by atoms with van der Waals surface area (Å²) in [6.45, 7) is 0. The number of hydrogen-bond acceptors (Lipinski definition) is 7. The maximum atomic E-state index is 11.6. The van der Waals surface area contributed by atoms with Gasteiger partial charge in [0.2, 0.25) is 11.8 Å². The molecule has 1 aliphatic rings. The predicted octanol–water partition coefficient (Wildman–Crippen LogP) is 0.738. The molecule has 0 spiro atoms. The SMILES string of the molecule is COC(=O)Cc1[nH]nc2c1C(c1ccncc1)C(C#N)=C(N)O2. The van der Waals surface area contributed by atoms with Crippen molar-refractivity contribution in [3.63, 3.8) is 0 Å². The lowest BCUT2D eigenvalue weighted by Gasteiger charge is -2.23. The number of H-pyrrole nitrogens is 1. The largest absolute Gasteiger partial charge is 0.469 e. The molecular formula is C15H13N5O3. The fraction of sp³-hybridized carbons (Fsp3) is 0.200. The summed E-state index contributed by atoms with van der Waals surface area (Å²) in [7, 11) is 1.31. The Kier molecular flexibility index (Phi) is 3.68. The molecule has 3 heterocycles. The number of nitrogens with two attached hydrogens (primary N) is 1. The number of pyridine rings is 1. The van der Waals surface area contributed by atoms with Crippen LogP contribution in [0.2, 0.25) is 0 Å². The van der Waals surface area contributed by atoms with Crippen molar-refractivity contribution in [1.29, 1.82) is 5.26 Å². The van der Waals surface area contributed by atoms with E-state index in [-0.39, 0.29) is 23.8 Å². The molecule has 1 atom stereocenters. The zero-order valence-corrected chi connectivity index (χ0v) is 12.2. The van der Waals surface area contributed by atoms with E-state index in [9.17, 15) is 10.1 Å². The van der Waals surface area contributed by atoms with Gasteiger partial charge in [-0.25, -0.2) is 0 Å². The third kappa shape index (κ3) is 2.48. The van der Waals surface area contributed by atoms with Gasteiger partial charge in [-0.2, -0.15) is 5.26 Å². The van der Waals surface area contributed by atoms with E-state index in [1.165, 1.54) is 7.11 Å². The number of carbonyl (C=O) groups is 1. The topological polar surface area (TPSA) is 127 Å². The number of aromatic amines is 1. The molecule has 116 valence electrons. The Hall–Kier alpha value is -3.34. The van der Waals surface area contributed by atoms with Gasteiger partial charge in [-0.15, -0.1) is 5.10 Å². The standard InChI is InChI=1S/C15H13N5O3/c1-22-11(21)6-10-13-12(8-2-4-18-5-3-8)9(7-16)14(17)23-15(13)20-19-10/h2-5,12H,6,17H2,1H3,(H,19,20). The Morgan fingerprint density at radius 3 is 2.91 bits per heavy atom. The molecule has 0 bridgehead atoms. The highest BCUT2D eigenvalue weighted by molar-refractivity contribution is 5.73. The van der Waals surface area contributed by atoms with Crippen LogP contribution in [0.3, 0.4) is 0 Å². The fourth-order valence-electron chi connectivity index (χ4n) is 2.55. The number of nitriles is 1. The molecule has 0 saturated heterocycles. The molecule has 3 N–H and O–H groups in total. The van der Waals surface area contributed by atoms with E-state index in [4.69, 9.17) is 15.2 Å². The number of nitrogens with one attached hydrogen (secondary N) is 1. The van der Waals surface area contributed by atoms with Crippen molar-refractivity contribution in [2.24, 2.45) is 5.73 Å². The van der Waals surface area contributed by atoms with Crippen molar-refractivity contribution in [3.8, 4) is 11.9 Å². The van der Waals surface area contributed by atoms with E-state index in [2.05, 4.69) is 21.3 Å². The van der Waals surface area contributed by atoms with E-state index < -0.39 is 11.9 Å². The van der Waals surface area contributed by atoms with Gasteiger partial charge in [-0.3, -0.25) is 14.9 Å². The Bertz CT molecular complexity index is 819. The summed E-state index contributed by atoms with van der Waals surface area (Å²) >= 11 is 0. The first kappa shape index (κ1) is 14.6. The minimum absolute atomic E-state index is 0.00192. The molecular weight excluding hydrogens is 298 g/mol. The van der Waals surface area contributed by atoms with Crippen LogP contribution < -0.4 is 10.5 Å². The predicted molar refractivity (Wildman–Crippen MR) is 77.8 cm³/mol. The van der Waals surface area contributed by atoms with E-state index in [1.807, 2.05) is 0 Å². The summed E-state index contributed by atoms with van der Waals surface area (Å²) in [5, 5.41) is 16.3. The second-order valence-corrected chi connectivity index (χ2v) is 4.88. The Labute approximate surface area is 131 Å². The summed E-state index contributed by atoms with van der Waals surface area (Å²) in [5.74, 6) is -0.656. The number of ether oxygens (including phenoxy) is 2. The molecule has 2 aromatic rings. The molecule has 23 heavy (non-hydrogen) atoms. The van der Waals surface area contributed by atoms with Crippen LogP contribution >= 0.6 is 0 Å². The molecule has 8 heteroatoms. The molecule has 3 rings (SSSR count). The zero-order valence-electron chi connectivity index (χ0n) is 12.2. The molecule has 0 aliphatic carbocycles. The number of hydrogen-bond donors (Lipinski definition) is 2. The first-order chi connectivity index (χ1) is 11.2. The molecule has 1 aliphatic heterocycles. The van der Waals surface area contributed by atoms with Crippen molar-refractivity contribution in [2.45, 2.75) is 12.3 Å². The van der Waals surface area contributed by atoms with Gasteiger partial charge in [0, 0.05) is 12.4 Å². The summed E-state index contributed by atoms with van der Waals surface area (Å²) < 4.78 is 10.1. The van der Waals surface area contributed by atoms with Crippen LogP contribution in [0.15, 0.2) is 36.0 Å². The molecule has 8 nitrogen and oxygen atoms in total. The summed E-state index contributed by atoms with van der Waals surface area (Å²) in [5.41, 5.74) is 8.03. The van der Waals surface area contributed by atoms with Crippen LogP contribution in [0.1, 0.15) is 22.7 Å². The first-order valence-corrected chi connectivity index (χ1v) is 6.77. The lowest BCUT2D eigenvalue weighted by atomic mass is 9.84. The van der Waals surface area contributed by atoms with Crippen LogP contribution in [0, 0.1) is 11.3 Å². The van der Waals surface area contributed by atoms with Gasteiger partial charge in [0.25, 0.3) is 0 Å². The second kappa shape index (κ2) is 5.81. The van der Waals surface area contributed by atoms with Crippen LogP contribution in [0.4, 0.5) is 0 Å². The molecule has 0 aromatic carbocycles. The Morgan fingerprint density at radius 2 is 2.26 bits per heavy atom. The van der Waals surface area contributed by atoms with Gasteiger partial charge in [0.05, 0.1) is 30.7 Å². The highest BCUT2D eigenvalue weighted by Crippen LogP contribution is 2.42. The zero-order chi connectivity index (χ0) is 16.4. The van der Waals surface area contributed by atoms with E-state index in [0.717, 1.165) is 5.56 Å². The first-order valence-electron chi connectivity index (χ1n) is 6.77. The maximum absolute atomic E-state index is 11.6. The van der Waals surface area contributed by atoms with Crippen LogP contribution in [0.5, 0.6) is 5.88 Å². The number of nitrogens with zero attached hydrogens (tertiary/aromatic N) is 3. The smallest absolute Gasteiger partial charge is 0.311 e. The molecule has 0 fully saturated rings. The molecule has 2 aromatic heterocycles. The van der Waals surface area contributed by atoms with Gasteiger partial charge in [0.1, 0.15) is 11.6 Å². The highest BCUT2D eigenvalue weighted by Gasteiger charge is 2.35. The second-order valence-electron chi connectivity index (χ2n) is 4.88. The van der Waals surface area contributed by atoms with E-state index in [1.54, 1.807) is 24.5 Å². The number of allylic oxidation sites excluding steroid dienone is 1. The lowest BCUT2D eigenvalue weighted by Crippen LogP contribution is -2.21. The average Bonchev–Trinajstić information content (AvgIpc) is 2.96. The summed E-state index contributed by atoms with van der Waals surface area (Å²) in [6, 6.07) is 5.63. The van der Waals surface area contributed by atoms with Gasteiger partial charge >= 0.3 is 5.97 Å². The van der Waals surface area contributed by atoms with Gasteiger partial charge in [-0.05, 0) is 17.7 Å². The number of aromatic nitrogens is 3. The van der Waals surface area contributed by atoms with Crippen molar-refractivity contribution in [2.75, 3.05) is 7.11 Å². The normalized spacial score (nSPS) is 16.3. The number of rotatable bonds is 3. The van der Waals surface area contributed by atoms with Gasteiger partial charge in [0.15, 0.2) is 0 Å². The molecule has 0 radical (unpaired) electrons. The third-order valence-electron chi connectivity index (χ3n) is 3.61. The highest BCUT2D eigenvalue weighted by atomic mass is 16.5. The number of carbonyl (C=O) groups excluding carboxylic acids is 1. The Balaban J connectivity index is 2.15. The average molecular weight is 311 g/mol. The minimum Gasteiger partial charge on any atom is -0.469 e. The van der Waals surface area contributed by atoms with Crippen LogP contribution in [-0.4, -0.2) is 28.3 Å². The van der Waals surface area contributed by atoms with Crippen molar-refractivity contribution in [3.05, 3.63) is 52.8 Å². The van der Waals surface area contributed by atoms with Crippen molar-refractivity contribution >= 4 is 5.97 Å². The molecule has 0 amide bonds. The molecule has 1 unspecified atom stereocenters.